The number of pyridine rings is 1. The molecule has 80 valence electrons. The molecule has 0 spiro atoms. The monoisotopic (exact) mass is 277 g/mol. The molecular weight excluding hydrogens is 265 g/mol. The molecule has 0 N–H and O–H groups in total. The van der Waals surface area contributed by atoms with Gasteiger partial charge < -0.3 is 0 Å². The number of hydrogen-bond acceptors (Lipinski definition) is 2. The van der Waals surface area contributed by atoms with Crippen molar-refractivity contribution in [1.29, 1.82) is 0 Å². The summed E-state index contributed by atoms with van der Waals surface area (Å²) in [5.41, 5.74) is 1.09. The van der Waals surface area contributed by atoms with Gasteiger partial charge in [-0.2, -0.15) is 0 Å². The number of hydrogen-bond donors (Lipinski definition) is 0. The molecule has 0 aliphatic heterocycles. The predicted octanol–water partition coefficient (Wildman–Crippen LogP) is 2.76. The fraction of sp³-hybridized carbons (Fsp3) is 0.154. The molecule has 2 aromatic heterocycles. The Morgan fingerprint density at radius 3 is 2.88 bits per heavy atom. The summed E-state index contributed by atoms with van der Waals surface area (Å²) in [7, 11) is 1.72. The van der Waals surface area contributed by atoms with E-state index in [-0.39, 0.29) is 0 Å². The molecule has 0 unspecified atom stereocenters. The van der Waals surface area contributed by atoms with E-state index in [1.807, 2.05) is 13.0 Å². The molecule has 0 atom stereocenters. The van der Waals surface area contributed by atoms with Gasteiger partial charge in [0.05, 0.1) is 0 Å². The average molecular weight is 276 g/mol. The second kappa shape index (κ2) is 3.62. The van der Waals surface area contributed by atoms with Gasteiger partial charge in [0, 0.05) is 0 Å². The van der Waals surface area contributed by atoms with Gasteiger partial charge in [0.25, 0.3) is 0 Å². The zero-order valence-corrected chi connectivity index (χ0v) is 10.9. The molecule has 16 heavy (non-hydrogen) atoms. The van der Waals surface area contributed by atoms with Crippen LogP contribution in [0.2, 0.25) is 0 Å². The molecule has 0 radical (unpaired) electrons. The van der Waals surface area contributed by atoms with Crippen LogP contribution in [0.5, 0.6) is 5.75 Å². The van der Waals surface area contributed by atoms with Crippen LogP contribution in [0.15, 0.2) is 30.3 Å². The third-order valence-corrected chi connectivity index (χ3v) is 4.92. The summed E-state index contributed by atoms with van der Waals surface area (Å²) in [5, 5.41) is 2.49. The number of methoxy groups -OCH3 is 1. The molecule has 0 bridgehead atoms. The first-order valence-electron chi connectivity index (χ1n) is 5.12. The molecule has 0 amide bonds. The summed E-state index contributed by atoms with van der Waals surface area (Å²) in [4.78, 5) is 4.62. The van der Waals surface area contributed by atoms with E-state index in [0.717, 1.165) is 11.4 Å². The number of aryl methyl sites for hydroxylation is 1. The molecule has 0 saturated carbocycles. The Bertz CT molecular complexity index is 672. The van der Waals surface area contributed by atoms with Crippen LogP contribution in [-0.4, -0.2) is 26.6 Å². The summed E-state index contributed by atoms with van der Waals surface area (Å²) < 4.78 is 8.03. The Labute approximate surface area is 99.6 Å². The third-order valence-electron chi connectivity index (χ3n) is 2.68. The second-order valence-corrected chi connectivity index (χ2v) is 5.90. The molecular formula is C13H11NOSe. The molecule has 2 heterocycles. The van der Waals surface area contributed by atoms with Gasteiger partial charge in [-0.3, -0.25) is 0 Å². The maximum atomic E-state index is 5.43. The molecule has 2 nitrogen and oxygen atoms in total. The summed E-state index contributed by atoms with van der Waals surface area (Å²) in [6.45, 7) is 2.04. The predicted molar refractivity (Wildman–Crippen MR) is 67.5 cm³/mol. The van der Waals surface area contributed by atoms with Crippen LogP contribution in [0.4, 0.5) is 0 Å². The van der Waals surface area contributed by atoms with Crippen molar-refractivity contribution in [2.75, 3.05) is 7.11 Å². The van der Waals surface area contributed by atoms with Crippen LogP contribution in [0.25, 0.3) is 19.4 Å². The Hall–Kier alpha value is -1.31. The zero-order chi connectivity index (χ0) is 11.1. The Morgan fingerprint density at radius 1 is 1.19 bits per heavy atom. The average Bonchev–Trinajstić information content (AvgIpc) is 2.65. The number of rotatable bonds is 1. The van der Waals surface area contributed by atoms with Gasteiger partial charge in [-0.05, 0) is 0 Å². The Morgan fingerprint density at radius 2 is 2.06 bits per heavy atom. The third kappa shape index (κ3) is 1.36. The molecule has 1 aromatic carbocycles. The first-order valence-corrected chi connectivity index (χ1v) is 6.84. The van der Waals surface area contributed by atoms with E-state index in [1.54, 1.807) is 7.11 Å². The van der Waals surface area contributed by atoms with Gasteiger partial charge in [0.15, 0.2) is 0 Å². The zero-order valence-electron chi connectivity index (χ0n) is 9.15. The summed E-state index contributed by atoms with van der Waals surface area (Å²) >= 11 is 0.325. The van der Waals surface area contributed by atoms with E-state index in [9.17, 15) is 0 Å². The van der Waals surface area contributed by atoms with Crippen molar-refractivity contribution < 1.29 is 4.74 Å². The second-order valence-electron chi connectivity index (χ2n) is 3.74. The molecule has 3 heteroatoms. The number of nitrogens with zero attached hydrogens (tertiary/aromatic N) is 1. The first kappa shape index (κ1) is 9.88. The standard InChI is InChI=1S/C13H11NOSe/c1-8-6-7-9-12-10(15-2)4-3-5-11(12)16-13(9)14-8/h3-7H,1-2H3. The molecule has 0 aliphatic rings. The molecule has 3 rings (SSSR count). The van der Waals surface area contributed by atoms with Gasteiger partial charge >= 0.3 is 99.5 Å². The van der Waals surface area contributed by atoms with Crippen molar-refractivity contribution in [3.05, 3.63) is 36.0 Å². The number of benzene rings is 1. The minimum absolute atomic E-state index is 0.325. The van der Waals surface area contributed by atoms with Gasteiger partial charge in [-0.1, -0.05) is 0 Å². The molecule has 3 aromatic rings. The quantitative estimate of drug-likeness (QED) is 0.638. The van der Waals surface area contributed by atoms with E-state index < -0.39 is 0 Å². The van der Waals surface area contributed by atoms with Crippen molar-refractivity contribution in [2.45, 2.75) is 6.92 Å². The fourth-order valence-electron chi connectivity index (χ4n) is 1.94. The fourth-order valence-corrected chi connectivity index (χ4v) is 4.32. The van der Waals surface area contributed by atoms with Crippen molar-refractivity contribution in [1.82, 2.24) is 4.98 Å². The van der Waals surface area contributed by atoms with Crippen molar-refractivity contribution in [3.8, 4) is 5.75 Å². The van der Waals surface area contributed by atoms with E-state index in [4.69, 9.17) is 4.74 Å². The van der Waals surface area contributed by atoms with Crippen LogP contribution in [0, 0.1) is 6.92 Å². The first-order chi connectivity index (χ1) is 7.79. The SMILES string of the molecule is COc1cccc2[se]c3nc(C)ccc3c12. The van der Waals surface area contributed by atoms with Crippen LogP contribution < -0.4 is 4.74 Å². The van der Waals surface area contributed by atoms with Gasteiger partial charge in [0.2, 0.25) is 0 Å². The normalized spacial score (nSPS) is 11.1. The number of fused-ring (bicyclic) bond motifs is 3. The Balaban J connectivity index is 2.52. The van der Waals surface area contributed by atoms with Crippen LogP contribution in [0.3, 0.4) is 0 Å². The summed E-state index contributed by atoms with van der Waals surface area (Å²) in [5.74, 6) is 0.962. The topological polar surface area (TPSA) is 22.1 Å². The van der Waals surface area contributed by atoms with Crippen molar-refractivity contribution in [3.63, 3.8) is 0 Å². The molecule has 0 aliphatic carbocycles. The van der Waals surface area contributed by atoms with Gasteiger partial charge in [-0.15, -0.1) is 0 Å². The molecule has 0 fully saturated rings. The number of aromatic nitrogens is 1. The molecule has 0 saturated heterocycles. The maximum absolute atomic E-state index is 5.43. The van der Waals surface area contributed by atoms with Crippen LogP contribution >= 0.6 is 0 Å². The summed E-state index contributed by atoms with van der Waals surface area (Å²) in [6.07, 6.45) is 0. The van der Waals surface area contributed by atoms with Gasteiger partial charge in [-0.25, -0.2) is 0 Å². The van der Waals surface area contributed by atoms with E-state index >= 15 is 0 Å². The van der Waals surface area contributed by atoms with Crippen molar-refractivity contribution >= 4 is 33.9 Å². The van der Waals surface area contributed by atoms with Crippen LogP contribution in [0.1, 0.15) is 5.69 Å². The van der Waals surface area contributed by atoms with Crippen LogP contribution in [-0.2, 0) is 0 Å². The summed E-state index contributed by atoms with van der Waals surface area (Å²) in [6, 6.07) is 10.5. The van der Waals surface area contributed by atoms with E-state index in [0.29, 0.717) is 14.5 Å². The van der Waals surface area contributed by atoms with E-state index in [1.165, 1.54) is 19.4 Å². The minimum atomic E-state index is 0.325. The Kier molecular flexibility index (Phi) is 2.23. The van der Waals surface area contributed by atoms with E-state index in [2.05, 4.69) is 29.2 Å². The van der Waals surface area contributed by atoms with Gasteiger partial charge in [0.1, 0.15) is 0 Å². The van der Waals surface area contributed by atoms with Crippen molar-refractivity contribution in [2.24, 2.45) is 0 Å². The number of ether oxygens (including phenoxy) is 1.